The molecule has 0 aliphatic carbocycles. The van der Waals surface area contributed by atoms with E-state index in [1.54, 1.807) is 24.8 Å². The van der Waals surface area contributed by atoms with Gasteiger partial charge in [0.05, 0.1) is 18.2 Å². The zero-order valence-corrected chi connectivity index (χ0v) is 19.8. The van der Waals surface area contributed by atoms with E-state index in [1.165, 1.54) is 0 Å². The molecule has 3 aromatic heterocycles. The van der Waals surface area contributed by atoms with Gasteiger partial charge >= 0.3 is 0 Å². The minimum atomic E-state index is -0.193. The zero-order chi connectivity index (χ0) is 23.7. The van der Waals surface area contributed by atoms with E-state index in [9.17, 15) is 4.79 Å². The predicted octanol–water partition coefficient (Wildman–Crippen LogP) is 3.81. The highest BCUT2D eigenvalue weighted by Crippen LogP contribution is 2.26. The molecule has 1 aliphatic rings. The molecule has 4 aromatic rings. The van der Waals surface area contributed by atoms with E-state index in [2.05, 4.69) is 56.3 Å². The standard InChI is InChI=1S/C26H29N7O/c1-31(2)22-7-10-33(11-8-22)25-14-19(6-9-28-25)26(34)30-24-13-21-12-18(4-5-20(21)15-29-24)23-16-27-17-32(23)3/h4-6,9,12-17,22H,7-8,10-11H2,1-3H3,(H,29,30,34). The molecule has 1 fully saturated rings. The van der Waals surface area contributed by atoms with Crippen molar-refractivity contribution in [3.63, 3.8) is 0 Å². The first-order valence-corrected chi connectivity index (χ1v) is 11.5. The maximum atomic E-state index is 13.0. The first kappa shape index (κ1) is 22.0. The van der Waals surface area contributed by atoms with Crippen molar-refractivity contribution in [2.24, 2.45) is 7.05 Å². The second-order valence-electron chi connectivity index (χ2n) is 9.06. The SMILES string of the molecule is CN(C)C1CCN(c2cc(C(=O)Nc3cc4cc(-c5cncn5C)ccc4cn3)ccn2)CC1. The van der Waals surface area contributed by atoms with Crippen LogP contribution in [0.4, 0.5) is 11.6 Å². The van der Waals surface area contributed by atoms with E-state index in [0.29, 0.717) is 17.4 Å². The Kier molecular flexibility index (Phi) is 5.98. The Bertz CT molecular complexity index is 1320. The average molecular weight is 456 g/mol. The summed E-state index contributed by atoms with van der Waals surface area (Å²) in [6.45, 7) is 1.87. The van der Waals surface area contributed by atoms with Crippen molar-refractivity contribution in [1.29, 1.82) is 0 Å². The lowest BCUT2D eigenvalue weighted by molar-refractivity contribution is 0.102. The average Bonchev–Trinajstić information content (AvgIpc) is 3.29. The summed E-state index contributed by atoms with van der Waals surface area (Å²) in [6.07, 6.45) is 9.29. The monoisotopic (exact) mass is 455 g/mol. The summed E-state index contributed by atoms with van der Waals surface area (Å²) in [5.41, 5.74) is 2.67. The summed E-state index contributed by atoms with van der Waals surface area (Å²) in [6, 6.07) is 12.3. The molecule has 0 saturated carbocycles. The van der Waals surface area contributed by atoms with Crippen LogP contribution >= 0.6 is 0 Å². The van der Waals surface area contributed by atoms with Crippen LogP contribution < -0.4 is 10.2 Å². The number of amides is 1. The number of hydrogen-bond acceptors (Lipinski definition) is 6. The van der Waals surface area contributed by atoms with Gasteiger partial charge in [0.25, 0.3) is 5.91 Å². The lowest BCUT2D eigenvalue weighted by atomic mass is 10.0. The van der Waals surface area contributed by atoms with Crippen LogP contribution in [0.3, 0.4) is 0 Å². The molecule has 174 valence electrons. The number of nitrogens with zero attached hydrogens (tertiary/aromatic N) is 6. The van der Waals surface area contributed by atoms with E-state index >= 15 is 0 Å². The van der Waals surface area contributed by atoms with Gasteiger partial charge in [-0.15, -0.1) is 0 Å². The van der Waals surface area contributed by atoms with Gasteiger partial charge in [0, 0.05) is 55.1 Å². The molecule has 5 rings (SSSR count). The number of nitrogens with one attached hydrogen (secondary N) is 1. The van der Waals surface area contributed by atoms with Gasteiger partial charge in [0.2, 0.25) is 0 Å². The van der Waals surface area contributed by atoms with Gasteiger partial charge in [-0.05, 0) is 56.6 Å². The van der Waals surface area contributed by atoms with Crippen LogP contribution in [0, 0.1) is 0 Å². The quantitative estimate of drug-likeness (QED) is 0.493. The highest BCUT2D eigenvalue weighted by molar-refractivity contribution is 6.05. The van der Waals surface area contributed by atoms with Gasteiger partial charge in [0.15, 0.2) is 0 Å². The fourth-order valence-electron chi connectivity index (χ4n) is 4.54. The Morgan fingerprint density at radius 3 is 2.59 bits per heavy atom. The van der Waals surface area contributed by atoms with Crippen LogP contribution in [0.15, 0.2) is 61.3 Å². The lowest BCUT2D eigenvalue weighted by Crippen LogP contribution is -2.42. The van der Waals surface area contributed by atoms with E-state index in [1.807, 2.05) is 36.0 Å². The third-order valence-corrected chi connectivity index (χ3v) is 6.60. The summed E-state index contributed by atoms with van der Waals surface area (Å²) in [5, 5.41) is 4.96. The molecule has 1 saturated heterocycles. The molecule has 0 atom stereocenters. The van der Waals surface area contributed by atoms with Gasteiger partial charge in [-0.3, -0.25) is 4.79 Å². The first-order valence-electron chi connectivity index (χ1n) is 11.5. The maximum Gasteiger partial charge on any atom is 0.257 e. The van der Waals surface area contributed by atoms with Crippen LogP contribution in [-0.2, 0) is 7.05 Å². The summed E-state index contributed by atoms with van der Waals surface area (Å²) >= 11 is 0. The number of hydrogen-bond donors (Lipinski definition) is 1. The van der Waals surface area contributed by atoms with Crippen molar-refractivity contribution >= 4 is 28.3 Å². The number of benzene rings is 1. The predicted molar refractivity (Wildman–Crippen MR) is 135 cm³/mol. The van der Waals surface area contributed by atoms with Crippen LogP contribution in [0.25, 0.3) is 22.0 Å². The molecule has 0 unspecified atom stereocenters. The van der Waals surface area contributed by atoms with Crippen LogP contribution in [0.1, 0.15) is 23.2 Å². The fourth-order valence-corrected chi connectivity index (χ4v) is 4.54. The molecule has 0 spiro atoms. The number of piperidine rings is 1. The Morgan fingerprint density at radius 1 is 1.03 bits per heavy atom. The van der Waals surface area contributed by atoms with Crippen LogP contribution in [0.2, 0.25) is 0 Å². The zero-order valence-electron chi connectivity index (χ0n) is 19.8. The third-order valence-electron chi connectivity index (χ3n) is 6.60. The Morgan fingerprint density at radius 2 is 1.85 bits per heavy atom. The summed E-state index contributed by atoms with van der Waals surface area (Å²) in [4.78, 5) is 30.7. The molecule has 34 heavy (non-hydrogen) atoms. The number of carbonyl (C=O) groups is 1. The molecule has 4 heterocycles. The number of anilines is 2. The molecule has 0 bridgehead atoms. The minimum Gasteiger partial charge on any atom is -0.356 e. The van der Waals surface area contributed by atoms with Crippen molar-refractivity contribution in [1.82, 2.24) is 24.4 Å². The number of carbonyl (C=O) groups excluding carboxylic acids is 1. The van der Waals surface area contributed by atoms with Crippen molar-refractivity contribution in [3.05, 3.63) is 66.9 Å². The number of fused-ring (bicyclic) bond motifs is 1. The van der Waals surface area contributed by atoms with Crippen molar-refractivity contribution in [3.8, 4) is 11.3 Å². The fraction of sp³-hybridized carbons (Fsp3) is 0.308. The Hall–Kier alpha value is -3.78. The summed E-state index contributed by atoms with van der Waals surface area (Å²) in [7, 11) is 6.23. The largest absolute Gasteiger partial charge is 0.356 e. The van der Waals surface area contributed by atoms with Crippen molar-refractivity contribution in [2.45, 2.75) is 18.9 Å². The van der Waals surface area contributed by atoms with Crippen LogP contribution in [0.5, 0.6) is 0 Å². The smallest absolute Gasteiger partial charge is 0.257 e. The van der Waals surface area contributed by atoms with E-state index < -0.39 is 0 Å². The number of aromatic nitrogens is 4. The van der Waals surface area contributed by atoms with Crippen LogP contribution in [-0.4, -0.2) is 63.6 Å². The maximum absolute atomic E-state index is 13.0. The summed E-state index contributed by atoms with van der Waals surface area (Å²) < 4.78 is 1.98. The number of aryl methyl sites for hydroxylation is 1. The number of imidazole rings is 1. The second kappa shape index (κ2) is 9.23. The molecule has 1 N–H and O–H groups in total. The van der Waals surface area contributed by atoms with E-state index in [-0.39, 0.29) is 5.91 Å². The molecular formula is C26H29N7O. The van der Waals surface area contributed by atoms with Crippen molar-refractivity contribution in [2.75, 3.05) is 37.4 Å². The molecule has 1 aromatic carbocycles. The number of pyridine rings is 2. The Labute approximate surface area is 199 Å². The first-order chi connectivity index (χ1) is 16.5. The van der Waals surface area contributed by atoms with Gasteiger partial charge in [0.1, 0.15) is 11.6 Å². The Balaban J connectivity index is 1.32. The molecule has 8 nitrogen and oxygen atoms in total. The molecule has 0 radical (unpaired) electrons. The van der Waals surface area contributed by atoms with Gasteiger partial charge in [-0.1, -0.05) is 12.1 Å². The van der Waals surface area contributed by atoms with Gasteiger partial charge in [-0.2, -0.15) is 0 Å². The van der Waals surface area contributed by atoms with E-state index in [0.717, 1.165) is 53.8 Å². The topological polar surface area (TPSA) is 79.2 Å². The second-order valence-corrected chi connectivity index (χ2v) is 9.06. The van der Waals surface area contributed by atoms with Gasteiger partial charge < -0.3 is 19.7 Å². The van der Waals surface area contributed by atoms with Crippen molar-refractivity contribution < 1.29 is 4.79 Å². The minimum absolute atomic E-state index is 0.193. The summed E-state index contributed by atoms with van der Waals surface area (Å²) in [5.74, 6) is 1.17. The highest BCUT2D eigenvalue weighted by atomic mass is 16.1. The van der Waals surface area contributed by atoms with Gasteiger partial charge in [-0.25, -0.2) is 15.0 Å². The molecule has 1 aliphatic heterocycles. The number of rotatable bonds is 5. The highest BCUT2D eigenvalue weighted by Gasteiger charge is 2.22. The molecule has 8 heteroatoms. The van der Waals surface area contributed by atoms with E-state index in [4.69, 9.17) is 0 Å². The lowest BCUT2D eigenvalue weighted by Gasteiger charge is -2.35. The normalized spacial score (nSPS) is 14.6. The molecular weight excluding hydrogens is 426 g/mol. The molecule has 1 amide bonds. The third kappa shape index (κ3) is 4.49.